The molecule has 2 aromatic carbocycles. The van der Waals surface area contributed by atoms with Crippen LogP contribution in [0.15, 0.2) is 48.8 Å². The minimum Gasteiger partial charge on any atom is -0.453 e. The maximum absolute atomic E-state index is 13.7. The van der Waals surface area contributed by atoms with Crippen molar-refractivity contribution in [2.24, 2.45) is 11.8 Å². The van der Waals surface area contributed by atoms with Crippen molar-refractivity contribution in [1.29, 1.82) is 0 Å². The largest absolute Gasteiger partial charge is 0.453 e. The number of nitrogens with zero attached hydrogens (tertiary/aromatic N) is 5. The summed E-state index contributed by atoms with van der Waals surface area (Å²) in [5.74, 6) is 0.973. The summed E-state index contributed by atoms with van der Waals surface area (Å²) in [5, 5.41) is 5.43. The van der Waals surface area contributed by atoms with E-state index in [1.54, 1.807) is 0 Å². The number of likely N-dealkylation sites (tertiary alicyclic amines) is 2. The molecule has 308 valence electrons. The number of benzene rings is 2. The van der Waals surface area contributed by atoms with E-state index >= 15 is 0 Å². The van der Waals surface area contributed by atoms with Gasteiger partial charge in [0.05, 0.1) is 50.1 Å². The van der Waals surface area contributed by atoms with Crippen LogP contribution in [-0.2, 0) is 32.2 Å². The molecular weight excluding hydrogens is 739 g/mol. The number of methoxy groups -OCH3 is 2. The maximum atomic E-state index is 13.7. The van der Waals surface area contributed by atoms with Crippen molar-refractivity contribution in [3.8, 4) is 33.6 Å². The molecule has 3 aliphatic heterocycles. The summed E-state index contributed by atoms with van der Waals surface area (Å²) in [6.45, 7) is 10.3. The van der Waals surface area contributed by atoms with Crippen LogP contribution in [0.4, 0.5) is 9.59 Å². The first-order valence-electron chi connectivity index (χ1n) is 20.2. The highest BCUT2D eigenvalue weighted by molar-refractivity contribution is 5.87. The molecule has 15 nitrogen and oxygen atoms in total. The first-order valence-corrected chi connectivity index (χ1v) is 20.2. The molecular formula is C43H55N9O6. The lowest BCUT2D eigenvalue weighted by Gasteiger charge is -2.30. The number of carbonyl (C=O) groups excluding carboxylic acids is 4. The van der Waals surface area contributed by atoms with E-state index in [2.05, 4.69) is 68.9 Å². The van der Waals surface area contributed by atoms with Gasteiger partial charge in [-0.25, -0.2) is 19.6 Å². The average molecular weight is 794 g/mol. The van der Waals surface area contributed by atoms with Crippen LogP contribution in [-0.4, -0.2) is 105 Å². The molecule has 2 saturated heterocycles. The monoisotopic (exact) mass is 793 g/mol. The Labute approximate surface area is 339 Å². The summed E-state index contributed by atoms with van der Waals surface area (Å²) in [7, 11) is 4.71. The zero-order chi connectivity index (χ0) is 41.2. The first kappa shape index (κ1) is 40.5. The smallest absolute Gasteiger partial charge is 0.407 e. The number of H-pyrrole nitrogens is 2. The normalized spacial score (nSPS) is 19.1. The van der Waals surface area contributed by atoms with Crippen LogP contribution in [0.3, 0.4) is 0 Å². The third-order valence-electron chi connectivity index (χ3n) is 11.7. The Morgan fingerprint density at radius 2 is 1.10 bits per heavy atom. The number of fused-ring (bicyclic) bond motifs is 3. The van der Waals surface area contributed by atoms with Gasteiger partial charge in [0.2, 0.25) is 11.8 Å². The van der Waals surface area contributed by atoms with Crippen molar-refractivity contribution >= 4 is 24.0 Å². The molecule has 7 rings (SSSR count). The van der Waals surface area contributed by atoms with E-state index in [0.717, 1.165) is 72.9 Å². The number of alkyl carbamates (subject to hydrolysis) is 2. The van der Waals surface area contributed by atoms with Crippen LogP contribution < -0.4 is 10.6 Å². The molecule has 4 atom stereocenters. The summed E-state index contributed by atoms with van der Waals surface area (Å²) in [5.41, 5.74) is 8.53. The van der Waals surface area contributed by atoms with Gasteiger partial charge in [-0.1, -0.05) is 52.0 Å². The molecule has 0 saturated carbocycles. The summed E-state index contributed by atoms with van der Waals surface area (Å²) in [6.07, 6.45) is 5.69. The van der Waals surface area contributed by atoms with Crippen molar-refractivity contribution < 1.29 is 28.7 Å². The van der Waals surface area contributed by atoms with E-state index < -0.39 is 24.3 Å². The lowest BCUT2D eigenvalue weighted by molar-refractivity contribution is -0.136. The molecule has 5 heterocycles. The molecule has 58 heavy (non-hydrogen) atoms. The minimum atomic E-state index is -0.693. The van der Waals surface area contributed by atoms with Crippen LogP contribution in [0.25, 0.3) is 33.6 Å². The molecule has 0 aliphatic carbocycles. The van der Waals surface area contributed by atoms with Crippen molar-refractivity contribution in [3.63, 3.8) is 0 Å². The second kappa shape index (κ2) is 17.0. The Kier molecular flexibility index (Phi) is 11.9. The number of imidazole rings is 2. The SMILES string of the molecule is COC(=O)N[C@H](C(=O)N1CCCC1c1ncc(-c2ccc3c(c2)CN(C)Cc2cc(-c4cnc([C@@H]5CCCN5C(=O)[C@@H](NC(=O)OC)C(C)C)[nH]4)ccc2-3)[nH]1)C(C)C. The summed E-state index contributed by atoms with van der Waals surface area (Å²) in [6, 6.07) is 11.2. The fourth-order valence-corrected chi connectivity index (χ4v) is 8.64. The highest BCUT2D eigenvalue weighted by Gasteiger charge is 2.39. The number of nitrogens with one attached hydrogen (secondary N) is 4. The van der Waals surface area contributed by atoms with Crippen LogP contribution >= 0.6 is 0 Å². The number of aromatic amines is 2. The van der Waals surface area contributed by atoms with Gasteiger partial charge in [0.15, 0.2) is 0 Å². The molecule has 15 heteroatoms. The van der Waals surface area contributed by atoms with E-state index in [9.17, 15) is 19.2 Å². The van der Waals surface area contributed by atoms with Gasteiger partial charge < -0.3 is 39.9 Å². The van der Waals surface area contributed by atoms with E-state index in [1.807, 2.05) is 49.9 Å². The summed E-state index contributed by atoms with van der Waals surface area (Å²) >= 11 is 0. The maximum Gasteiger partial charge on any atom is 0.407 e. The standard InChI is InChI=1S/C43H55N9O6/c1-24(2)36(48-42(55)57-6)40(53)51-16-8-10-34(51)38-44-20-32(46-38)26-12-14-30-28(18-26)22-50(5)23-29-19-27(13-15-31(29)30)33-21-45-39(47-33)35-11-9-17-52(35)41(54)37(25(3)4)49-43(56)58-7/h12-15,18-21,24-25,34-37H,8-11,16-17,22-23H2,1-7H3,(H,44,46)(H,45,47)(H,48,55)(H,49,56)/t34-,35?,36-,37-/m0/s1. The lowest BCUT2D eigenvalue weighted by atomic mass is 9.93. The van der Waals surface area contributed by atoms with E-state index in [4.69, 9.17) is 19.4 Å². The number of amides is 4. The molecule has 0 radical (unpaired) electrons. The summed E-state index contributed by atoms with van der Waals surface area (Å²) < 4.78 is 9.57. The van der Waals surface area contributed by atoms with Crippen molar-refractivity contribution in [2.45, 2.75) is 90.6 Å². The van der Waals surface area contributed by atoms with E-state index in [0.29, 0.717) is 13.1 Å². The van der Waals surface area contributed by atoms with E-state index in [1.165, 1.54) is 36.5 Å². The topological polar surface area (TPSA) is 178 Å². The molecule has 2 fully saturated rings. The fourth-order valence-electron chi connectivity index (χ4n) is 8.64. The van der Waals surface area contributed by atoms with Crippen LogP contribution in [0.5, 0.6) is 0 Å². The third kappa shape index (κ3) is 8.17. The molecule has 0 bridgehead atoms. The average Bonchev–Trinajstić information content (AvgIpc) is 4.04. The molecule has 4 N–H and O–H groups in total. The lowest BCUT2D eigenvalue weighted by Crippen LogP contribution is -2.51. The van der Waals surface area contributed by atoms with Gasteiger partial charge in [-0.3, -0.25) is 14.5 Å². The Bertz CT molecular complexity index is 2010. The number of hydrogen-bond donors (Lipinski definition) is 4. The van der Waals surface area contributed by atoms with Gasteiger partial charge in [0, 0.05) is 26.2 Å². The number of ether oxygens (including phenoxy) is 2. The quantitative estimate of drug-likeness (QED) is 0.146. The number of hydrogen-bond acceptors (Lipinski definition) is 9. The highest BCUT2D eigenvalue weighted by atomic mass is 16.5. The third-order valence-corrected chi connectivity index (χ3v) is 11.7. The molecule has 2 aromatic heterocycles. The first-order chi connectivity index (χ1) is 27.9. The zero-order valence-electron chi connectivity index (χ0n) is 34.4. The fraction of sp³-hybridized carbons (Fsp3) is 0.488. The van der Waals surface area contributed by atoms with Crippen LogP contribution in [0.1, 0.15) is 88.2 Å². The second-order valence-corrected chi connectivity index (χ2v) is 16.4. The Morgan fingerprint density at radius 3 is 1.48 bits per heavy atom. The van der Waals surface area contributed by atoms with Gasteiger partial charge >= 0.3 is 12.2 Å². The predicted molar refractivity (Wildman–Crippen MR) is 218 cm³/mol. The minimum absolute atomic E-state index is 0.109. The van der Waals surface area contributed by atoms with Gasteiger partial charge in [0.1, 0.15) is 23.7 Å². The van der Waals surface area contributed by atoms with E-state index in [-0.39, 0.29) is 35.7 Å². The molecule has 3 aliphatic rings. The highest BCUT2D eigenvalue weighted by Crippen LogP contribution is 2.39. The molecule has 4 amide bonds. The number of aromatic nitrogens is 4. The Morgan fingerprint density at radius 1 is 0.690 bits per heavy atom. The van der Waals surface area contributed by atoms with Gasteiger partial charge in [-0.15, -0.1) is 0 Å². The second-order valence-electron chi connectivity index (χ2n) is 16.4. The molecule has 0 spiro atoms. The molecule has 4 aromatic rings. The van der Waals surface area contributed by atoms with Crippen LogP contribution in [0.2, 0.25) is 0 Å². The van der Waals surface area contributed by atoms with Crippen molar-refractivity contribution in [3.05, 3.63) is 71.6 Å². The number of rotatable bonds is 10. The van der Waals surface area contributed by atoms with Crippen LogP contribution in [0, 0.1) is 11.8 Å². The zero-order valence-corrected chi connectivity index (χ0v) is 34.4. The van der Waals surface area contributed by atoms with Crippen molar-refractivity contribution in [2.75, 3.05) is 34.4 Å². The predicted octanol–water partition coefficient (Wildman–Crippen LogP) is 6.17. The summed E-state index contributed by atoms with van der Waals surface area (Å²) in [4.78, 5) is 73.9. The van der Waals surface area contributed by atoms with Gasteiger partial charge in [-0.05, 0) is 90.1 Å². The Hall–Kier alpha value is -5.70. The van der Waals surface area contributed by atoms with Crippen molar-refractivity contribution in [1.82, 2.24) is 45.3 Å². The van der Waals surface area contributed by atoms with Gasteiger partial charge in [-0.2, -0.15) is 0 Å². The molecule has 1 unspecified atom stereocenters. The Balaban J connectivity index is 1.09. The number of carbonyl (C=O) groups is 4. The van der Waals surface area contributed by atoms with Gasteiger partial charge in [0.25, 0.3) is 0 Å².